The Hall–Kier alpha value is -1.02. The Morgan fingerprint density at radius 3 is 2.80 bits per heavy atom. The maximum absolute atomic E-state index is 13.1. The molecule has 0 radical (unpaired) electrons. The third-order valence-electron chi connectivity index (χ3n) is 3.40. The number of aryl methyl sites for hydroxylation is 1. The summed E-state index contributed by atoms with van der Waals surface area (Å²) in [6, 6.07) is 3.43. The zero-order valence-corrected chi connectivity index (χ0v) is 12.4. The van der Waals surface area contributed by atoms with Crippen LogP contribution in [0.4, 0.5) is 4.39 Å². The molecule has 2 unspecified atom stereocenters. The molecule has 112 valence electrons. The summed E-state index contributed by atoms with van der Waals surface area (Å²) in [5, 5.41) is 0. The van der Waals surface area contributed by atoms with Crippen molar-refractivity contribution in [2.75, 3.05) is 19.7 Å². The van der Waals surface area contributed by atoms with Gasteiger partial charge in [0.2, 0.25) is 10.0 Å². The van der Waals surface area contributed by atoms with Gasteiger partial charge in [0, 0.05) is 19.1 Å². The lowest BCUT2D eigenvalue weighted by molar-refractivity contribution is -0.0120. The van der Waals surface area contributed by atoms with Crippen molar-refractivity contribution in [3.8, 4) is 0 Å². The van der Waals surface area contributed by atoms with Crippen LogP contribution < -0.4 is 5.73 Å². The summed E-state index contributed by atoms with van der Waals surface area (Å²) in [7, 11) is -3.64. The Bertz CT molecular complexity index is 589. The Morgan fingerprint density at radius 2 is 2.20 bits per heavy atom. The second-order valence-electron chi connectivity index (χ2n) is 5.04. The predicted octanol–water partition coefficient (Wildman–Crippen LogP) is 0.871. The third kappa shape index (κ3) is 3.01. The van der Waals surface area contributed by atoms with E-state index in [-0.39, 0.29) is 30.1 Å². The van der Waals surface area contributed by atoms with Crippen molar-refractivity contribution in [1.29, 1.82) is 0 Å². The summed E-state index contributed by atoms with van der Waals surface area (Å²) in [5.41, 5.74) is 6.16. The number of ether oxygens (including phenoxy) is 1. The molecule has 0 aromatic heterocycles. The summed E-state index contributed by atoms with van der Waals surface area (Å²) in [4.78, 5) is 0.129. The van der Waals surface area contributed by atoms with Gasteiger partial charge < -0.3 is 10.5 Å². The van der Waals surface area contributed by atoms with Gasteiger partial charge in [0.15, 0.2) is 0 Å². The molecule has 20 heavy (non-hydrogen) atoms. The summed E-state index contributed by atoms with van der Waals surface area (Å²) >= 11 is 0. The molecule has 2 rings (SSSR count). The van der Waals surface area contributed by atoms with E-state index in [0.29, 0.717) is 12.2 Å². The van der Waals surface area contributed by atoms with Crippen LogP contribution in [-0.2, 0) is 14.8 Å². The molecule has 7 heteroatoms. The van der Waals surface area contributed by atoms with Crippen LogP contribution in [-0.4, -0.2) is 44.6 Å². The first-order chi connectivity index (χ1) is 9.32. The summed E-state index contributed by atoms with van der Waals surface area (Å²) < 4.78 is 45.1. The van der Waals surface area contributed by atoms with Crippen LogP contribution in [0.2, 0.25) is 0 Å². The largest absolute Gasteiger partial charge is 0.374 e. The van der Waals surface area contributed by atoms with Crippen LogP contribution >= 0.6 is 0 Å². The minimum atomic E-state index is -3.64. The highest BCUT2D eigenvalue weighted by Crippen LogP contribution is 2.23. The highest BCUT2D eigenvalue weighted by molar-refractivity contribution is 7.89. The highest BCUT2D eigenvalue weighted by atomic mass is 32.2. The molecule has 5 nitrogen and oxygen atoms in total. The second-order valence-corrected chi connectivity index (χ2v) is 6.95. The number of rotatable bonds is 3. The molecular formula is C13H19FN2O3S. The van der Waals surface area contributed by atoms with Crippen molar-refractivity contribution < 1.29 is 17.5 Å². The van der Waals surface area contributed by atoms with E-state index in [9.17, 15) is 12.8 Å². The minimum absolute atomic E-state index is 0.129. The molecule has 1 saturated heterocycles. The van der Waals surface area contributed by atoms with Crippen molar-refractivity contribution in [2.45, 2.75) is 30.9 Å². The lowest BCUT2D eigenvalue weighted by Crippen LogP contribution is -2.51. The number of benzene rings is 1. The first kappa shape index (κ1) is 15.4. The number of nitrogens with two attached hydrogens (primary N) is 1. The van der Waals surface area contributed by atoms with E-state index in [1.807, 2.05) is 0 Å². The standard InChI is InChI=1S/C13H19FN2O3S/c1-9-7-11(14)3-4-13(9)20(17,18)16-5-6-19-12(8-16)10(2)15/h3-4,7,10,12H,5-6,8,15H2,1-2H3. The number of sulfonamides is 1. The molecule has 2 atom stereocenters. The topological polar surface area (TPSA) is 72.6 Å². The smallest absolute Gasteiger partial charge is 0.243 e. The van der Waals surface area contributed by atoms with E-state index in [1.165, 1.54) is 16.4 Å². The number of nitrogens with zero attached hydrogens (tertiary/aromatic N) is 1. The van der Waals surface area contributed by atoms with Crippen molar-refractivity contribution >= 4 is 10.0 Å². The van der Waals surface area contributed by atoms with Crippen LogP contribution in [0.3, 0.4) is 0 Å². The first-order valence-electron chi connectivity index (χ1n) is 6.46. The van der Waals surface area contributed by atoms with Crippen LogP contribution in [0.1, 0.15) is 12.5 Å². The van der Waals surface area contributed by atoms with E-state index in [4.69, 9.17) is 10.5 Å². The third-order valence-corrected chi connectivity index (χ3v) is 5.42. The fraction of sp³-hybridized carbons (Fsp3) is 0.538. The summed E-state index contributed by atoms with van der Waals surface area (Å²) in [6.07, 6.45) is -0.320. The lowest BCUT2D eigenvalue weighted by Gasteiger charge is -2.34. The van der Waals surface area contributed by atoms with Crippen molar-refractivity contribution in [3.05, 3.63) is 29.6 Å². The molecule has 1 aliphatic rings. The lowest BCUT2D eigenvalue weighted by atomic mass is 10.2. The van der Waals surface area contributed by atoms with E-state index in [1.54, 1.807) is 13.8 Å². The Balaban J connectivity index is 2.30. The molecule has 0 bridgehead atoms. The summed E-state index contributed by atoms with van der Waals surface area (Å²) in [5.74, 6) is -0.447. The van der Waals surface area contributed by atoms with Gasteiger partial charge in [-0.25, -0.2) is 12.8 Å². The number of hydrogen-bond acceptors (Lipinski definition) is 4. The van der Waals surface area contributed by atoms with Gasteiger partial charge in [0.25, 0.3) is 0 Å². The molecule has 1 aromatic carbocycles. The minimum Gasteiger partial charge on any atom is -0.374 e. The molecule has 1 aliphatic heterocycles. The quantitative estimate of drug-likeness (QED) is 0.899. The number of halogens is 1. The van der Waals surface area contributed by atoms with Crippen molar-refractivity contribution in [3.63, 3.8) is 0 Å². The molecule has 0 aliphatic carbocycles. The van der Waals surface area contributed by atoms with Gasteiger partial charge in [-0.05, 0) is 37.6 Å². The first-order valence-corrected chi connectivity index (χ1v) is 7.90. The maximum Gasteiger partial charge on any atom is 0.243 e. The molecule has 0 amide bonds. The van der Waals surface area contributed by atoms with Crippen LogP contribution in [0.5, 0.6) is 0 Å². The zero-order valence-electron chi connectivity index (χ0n) is 11.5. The molecule has 1 aromatic rings. The maximum atomic E-state index is 13.1. The van der Waals surface area contributed by atoms with E-state index < -0.39 is 15.8 Å². The Kier molecular flexibility index (Phi) is 4.43. The normalized spacial score (nSPS) is 22.7. The fourth-order valence-corrected chi connectivity index (χ4v) is 3.87. The molecular weight excluding hydrogens is 283 g/mol. The summed E-state index contributed by atoms with van der Waals surface area (Å²) in [6.45, 7) is 4.17. The predicted molar refractivity (Wildman–Crippen MR) is 73.3 cm³/mol. The van der Waals surface area contributed by atoms with Gasteiger partial charge >= 0.3 is 0 Å². The van der Waals surface area contributed by atoms with E-state index in [2.05, 4.69) is 0 Å². The molecule has 1 heterocycles. The SMILES string of the molecule is Cc1cc(F)ccc1S(=O)(=O)N1CCOC(C(C)N)C1. The van der Waals surface area contributed by atoms with Gasteiger partial charge in [-0.2, -0.15) is 4.31 Å². The van der Waals surface area contributed by atoms with Gasteiger partial charge in [0.05, 0.1) is 17.6 Å². The second kappa shape index (κ2) is 5.77. The van der Waals surface area contributed by atoms with Crippen LogP contribution in [0, 0.1) is 12.7 Å². The van der Waals surface area contributed by atoms with Gasteiger partial charge in [0.1, 0.15) is 5.82 Å². The highest BCUT2D eigenvalue weighted by Gasteiger charge is 2.33. The van der Waals surface area contributed by atoms with Crippen molar-refractivity contribution in [2.24, 2.45) is 5.73 Å². The zero-order chi connectivity index (χ0) is 14.9. The van der Waals surface area contributed by atoms with Crippen LogP contribution in [0.15, 0.2) is 23.1 Å². The molecule has 2 N–H and O–H groups in total. The van der Waals surface area contributed by atoms with Crippen molar-refractivity contribution in [1.82, 2.24) is 4.31 Å². The van der Waals surface area contributed by atoms with Gasteiger partial charge in [-0.15, -0.1) is 0 Å². The van der Waals surface area contributed by atoms with Crippen LogP contribution in [0.25, 0.3) is 0 Å². The fourth-order valence-electron chi connectivity index (χ4n) is 2.23. The Morgan fingerprint density at radius 1 is 1.50 bits per heavy atom. The van der Waals surface area contributed by atoms with E-state index in [0.717, 1.165) is 6.07 Å². The monoisotopic (exact) mass is 302 g/mol. The average molecular weight is 302 g/mol. The number of hydrogen-bond donors (Lipinski definition) is 1. The average Bonchev–Trinajstić information content (AvgIpc) is 2.38. The Labute approximate surface area is 118 Å². The molecule has 1 fully saturated rings. The number of morpholine rings is 1. The molecule has 0 spiro atoms. The van der Waals surface area contributed by atoms with E-state index >= 15 is 0 Å². The van der Waals surface area contributed by atoms with Gasteiger partial charge in [-0.3, -0.25) is 0 Å². The van der Waals surface area contributed by atoms with Gasteiger partial charge in [-0.1, -0.05) is 0 Å². The molecule has 0 saturated carbocycles.